The lowest BCUT2D eigenvalue weighted by Gasteiger charge is -2.26. The van der Waals surface area contributed by atoms with Gasteiger partial charge >= 0.3 is 0 Å². The molecule has 0 radical (unpaired) electrons. The van der Waals surface area contributed by atoms with Crippen molar-refractivity contribution in [1.82, 2.24) is 0 Å². The van der Waals surface area contributed by atoms with E-state index in [0.29, 0.717) is 164 Å². The Kier molecular flexibility index (Phi) is 8.05. The summed E-state index contributed by atoms with van der Waals surface area (Å²) in [5.41, 5.74) is 2.98. The Labute approximate surface area is 480 Å². The Balaban J connectivity index is 1.33. The Morgan fingerprint density at radius 2 is 0.397 bits per heavy atom. The second kappa shape index (κ2) is 16.3. The highest BCUT2D eigenvalue weighted by Crippen LogP contribution is 2.51. The van der Waals surface area contributed by atoms with Gasteiger partial charge in [0, 0.05) is 0 Å². The molecule has 0 spiro atoms. The van der Waals surface area contributed by atoms with E-state index >= 15 is 0 Å². The quantitative estimate of drug-likeness (QED) is 0.155. The van der Waals surface area contributed by atoms with Crippen LogP contribution in [-0.2, 0) is 32.5 Å². The van der Waals surface area contributed by atoms with E-state index in [1.807, 2.05) is 179 Å². The van der Waals surface area contributed by atoms with Crippen molar-refractivity contribution >= 4 is 97.0 Å². The predicted molar refractivity (Wildman–Crippen MR) is 346 cm³/mol. The van der Waals surface area contributed by atoms with Gasteiger partial charge in [0.05, 0.1) is 16.4 Å². The minimum atomic E-state index is -0.682. The molecule has 0 saturated heterocycles. The minimum absolute atomic E-state index is 0.149. The number of rotatable bonds is 3. The molecule has 13 aromatic carbocycles. The third-order valence-corrected chi connectivity index (χ3v) is 16.3. The van der Waals surface area contributed by atoms with Crippen LogP contribution in [0.5, 0.6) is 0 Å². The van der Waals surface area contributed by atoms with Crippen LogP contribution in [0.2, 0.25) is 0 Å². The highest BCUT2D eigenvalue weighted by atomic mass is 14.3. The van der Waals surface area contributed by atoms with E-state index in [4.69, 9.17) is 0 Å². The van der Waals surface area contributed by atoms with Gasteiger partial charge in [-0.05, 0) is 251 Å². The lowest BCUT2D eigenvalue weighted by Crippen LogP contribution is -2.12. The number of hydrogen-bond acceptors (Lipinski definition) is 0. The van der Waals surface area contributed by atoms with Gasteiger partial charge in [-0.1, -0.05) is 215 Å². The first-order valence-electron chi connectivity index (χ1n) is 33.9. The fourth-order valence-electron chi connectivity index (χ4n) is 11.8. The molecule has 0 aliphatic heterocycles. The summed E-state index contributed by atoms with van der Waals surface area (Å²) in [7, 11) is 0. The van der Waals surface area contributed by atoms with Gasteiger partial charge in [-0.2, -0.15) is 0 Å². The molecule has 390 valence electrons. The SMILES string of the molecule is [2H]c1c(C(C)(C)C)c([2H])c2cc(-c3cc(-c4cc5c([2H])c(C(C)(C)C)c([2H])c6ccc7c([2H])c(C(C)(C)C)c([2H])c4c7c65)cc(-c4cc5c([2H])c(C(C)(C)C)c([2H])c6ccc7c([2H])c(C(C)(C)C)c([2H])c4c7c65)c3)c3c([2H])c(C(C)(C)C)c([2H])c4ccc1c2c43. The molecule has 0 saturated carbocycles. The summed E-state index contributed by atoms with van der Waals surface area (Å²) in [5, 5.41) is 10.7. The maximum Gasteiger partial charge on any atom is 0.0633 e. The van der Waals surface area contributed by atoms with Gasteiger partial charge in [-0.15, -0.1) is 0 Å². The van der Waals surface area contributed by atoms with Crippen LogP contribution in [0.15, 0.2) is 145 Å². The van der Waals surface area contributed by atoms with Gasteiger partial charge in [0.25, 0.3) is 0 Å². The van der Waals surface area contributed by atoms with Crippen molar-refractivity contribution in [3.05, 3.63) is 179 Å². The fraction of sp³-hybridized carbons (Fsp3) is 0.308. The predicted octanol–water partition coefficient (Wildman–Crippen LogP) is 23.2. The normalized spacial score (nSPS) is 15.9. The lowest BCUT2D eigenvalue weighted by atomic mass is 9.78. The molecule has 0 N–H and O–H groups in total. The second-order valence-electron chi connectivity index (χ2n) is 28.8. The molecule has 0 nitrogen and oxygen atoms in total. The number of hydrogen-bond donors (Lipinski definition) is 0. The van der Waals surface area contributed by atoms with E-state index in [-0.39, 0.29) is 72.5 Å². The highest BCUT2D eigenvalue weighted by Gasteiger charge is 2.28. The van der Waals surface area contributed by atoms with Crippen molar-refractivity contribution in [2.24, 2.45) is 0 Å². The first-order valence-corrected chi connectivity index (χ1v) is 27.9. The van der Waals surface area contributed by atoms with Crippen molar-refractivity contribution in [2.75, 3.05) is 0 Å². The van der Waals surface area contributed by atoms with E-state index in [1.165, 1.54) is 0 Å². The molecule has 0 aromatic heterocycles. The molecule has 0 bridgehead atoms. The molecular formula is C78H78. The van der Waals surface area contributed by atoms with Gasteiger partial charge in [-0.25, -0.2) is 0 Å². The Bertz CT molecular complexity index is 4810. The maximum absolute atomic E-state index is 10.5. The minimum Gasteiger partial charge on any atom is -0.0561 e. The summed E-state index contributed by atoms with van der Waals surface area (Å²) in [6, 6.07) is 25.9. The van der Waals surface area contributed by atoms with Crippen molar-refractivity contribution in [3.63, 3.8) is 0 Å². The fourth-order valence-corrected chi connectivity index (χ4v) is 11.8. The van der Waals surface area contributed by atoms with Gasteiger partial charge < -0.3 is 0 Å². The topological polar surface area (TPSA) is 0 Å². The van der Waals surface area contributed by atoms with Crippen LogP contribution in [0, 0.1) is 0 Å². The molecule has 0 aliphatic rings. The van der Waals surface area contributed by atoms with E-state index in [2.05, 4.69) is 18.2 Å². The zero-order chi connectivity index (χ0) is 65.7. The summed E-state index contributed by atoms with van der Waals surface area (Å²) in [5.74, 6) is 0. The van der Waals surface area contributed by atoms with Crippen LogP contribution in [0.1, 0.15) is 174 Å². The summed E-state index contributed by atoms with van der Waals surface area (Å²) in [4.78, 5) is 0. The number of benzene rings is 13. The summed E-state index contributed by atoms with van der Waals surface area (Å²) >= 11 is 0. The van der Waals surface area contributed by atoms with Crippen LogP contribution in [0.4, 0.5) is 0 Å². The maximum atomic E-state index is 10.5. The standard InChI is InChI=1S/C78H78/c1-73(2,3)55-28-43-19-22-46-31-58(76(10,11)12)40-64-61(37-52(34-55)67(43)70(46)64)49-25-50(62-38-53-35-56(74(4,5)6)29-44-20-23-47-32-59(77(13,14)15)41-65(62)71(47)68(44)53)27-51(26-49)63-39-54-36-57(75(7,8)9)30-45-21-24-48-33-60(78(16,17)18)42-66(63)72(48)69(45)54/h19-42H,1-18H3/i28D,29D,30D,31D,32D,33D,34D,35D,36D,40D,41D,42D. The van der Waals surface area contributed by atoms with Crippen LogP contribution >= 0.6 is 0 Å². The molecular weight excluding hydrogens is 937 g/mol. The third-order valence-electron chi connectivity index (χ3n) is 16.3. The van der Waals surface area contributed by atoms with Crippen LogP contribution in [-0.4, -0.2) is 0 Å². The van der Waals surface area contributed by atoms with Gasteiger partial charge in [0.2, 0.25) is 0 Å². The van der Waals surface area contributed by atoms with Crippen LogP contribution < -0.4 is 0 Å². The molecule has 0 heteroatoms. The Hall–Kier alpha value is -7.02. The molecule has 0 heterocycles. The van der Waals surface area contributed by atoms with E-state index in [9.17, 15) is 16.4 Å². The average molecular weight is 1030 g/mol. The molecule has 0 unspecified atom stereocenters. The molecule has 78 heavy (non-hydrogen) atoms. The smallest absolute Gasteiger partial charge is 0.0561 e. The largest absolute Gasteiger partial charge is 0.0633 e. The van der Waals surface area contributed by atoms with E-state index in [1.54, 1.807) is 0 Å². The van der Waals surface area contributed by atoms with Gasteiger partial charge in [-0.3, -0.25) is 0 Å². The van der Waals surface area contributed by atoms with Crippen molar-refractivity contribution in [3.8, 4) is 33.4 Å². The first kappa shape index (κ1) is 38.5. The third kappa shape index (κ3) is 7.97. The molecule has 0 atom stereocenters. The van der Waals surface area contributed by atoms with Crippen molar-refractivity contribution in [1.29, 1.82) is 0 Å². The average Bonchev–Trinajstić information content (AvgIpc) is 0.708. The highest BCUT2D eigenvalue weighted by molar-refractivity contribution is 6.30. The van der Waals surface area contributed by atoms with E-state index in [0.717, 1.165) is 0 Å². The zero-order valence-corrected chi connectivity index (χ0v) is 48.9. The van der Waals surface area contributed by atoms with Crippen molar-refractivity contribution < 1.29 is 16.4 Å². The van der Waals surface area contributed by atoms with Gasteiger partial charge in [0.1, 0.15) is 0 Å². The summed E-state index contributed by atoms with van der Waals surface area (Å²) < 4.78 is 122. The molecule has 0 fully saturated rings. The Morgan fingerprint density at radius 3 is 0.603 bits per heavy atom. The van der Waals surface area contributed by atoms with Crippen LogP contribution in [0.3, 0.4) is 0 Å². The zero-order valence-electron chi connectivity index (χ0n) is 60.9. The van der Waals surface area contributed by atoms with Gasteiger partial charge in [0.15, 0.2) is 0 Å². The Morgan fingerprint density at radius 1 is 0.218 bits per heavy atom. The summed E-state index contributed by atoms with van der Waals surface area (Å²) in [6.07, 6.45) is 0. The first-order chi connectivity index (χ1) is 41.5. The molecule has 0 amide bonds. The summed E-state index contributed by atoms with van der Waals surface area (Å²) in [6.45, 7) is 36.3. The monoisotopic (exact) mass is 1030 g/mol. The molecule has 13 aromatic rings. The lowest BCUT2D eigenvalue weighted by molar-refractivity contribution is 0.591. The molecule has 0 aliphatic carbocycles. The molecule has 13 rings (SSSR count). The van der Waals surface area contributed by atoms with E-state index < -0.39 is 32.5 Å². The van der Waals surface area contributed by atoms with Crippen LogP contribution in [0.25, 0.3) is 130 Å². The van der Waals surface area contributed by atoms with Crippen molar-refractivity contribution in [2.45, 2.75) is 157 Å². The second-order valence-corrected chi connectivity index (χ2v) is 28.8.